The summed E-state index contributed by atoms with van der Waals surface area (Å²) < 4.78 is 34.8. The third-order valence-corrected chi connectivity index (χ3v) is 5.16. The Morgan fingerprint density at radius 2 is 1.64 bits per heavy atom. The lowest BCUT2D eigenvalue weighted by atomic mass is 10.0. The van der Waals surface area contributed by atoms with Gasteiger partial charge in [0.15, 0.2) is 0 Å². The van der Waals surface area contributed by atoms with Crippen molar-refractivity contribution in [3.8, 4) is 11.5 Å². The van der Waals surface area contributed by atoms with Crippen molar-refractivity contribution in [3.05, 3.63) is 95.8 Å². The second kappa shape index (κ2) is 14.0. The maximum absolute atomic E-state index is 13.3. The van der Waals surface area contributed by atoms with Crippen LogP contribution in [0.4, 0.5) is 4.39 Å². The second-order valence-corrected chi connectivity index (χ2v) is 7.84. The first-order chi connectivity index (χ1) is 17.5. The fraction of sp³-hybridized carbons (Fsp3) is 0.250. The van der Waals surface area contributed by atoms with Gasteiger partial charge in [-0.3, -0.25) is 0 Å². The number of carbonyl (C=O) groups excluding carboxylic acids is 1. The zero-order valence-corrected chi connectivity index (χ0v) is 20.2. The average Bonchev–Trinajstić information content (AvgIpc) is 2.91. The number of hydrogen-bond acceptors (Lipinski definition) is 7. The van der Waals surface area contributed by atoms with Crippen molar-refractivity contribution in [2.24, 2.45) is 0 Å². The van der Waals surface area contributed by atoms with Crippen molar-refractivity contribution in [1.82, 2.24) is 5.32 Å². The van der Waals surface area contributed by atoms with Crippen molar-refractivity contribution in [2.75, 3.05) is 33.9 Å². The Labute approximate surface area is 210 Å². The van der Waals surface area contributed by atoms with Crippen molar-refractivity contribution in [3.63, 3.8) is 0 Å². The predicted octanol–water partition coefficient (Wildman–Crippen LogP) is 3.92. The predicted molar refractivity (Wildman–Crippen MR) is 135 cm³/mol. The van der Waals surface area contributed by atoms with Crippen LogP contribution in [-0.2, 0) is 14.3 Å². The van der Waals surface area contributed by atoms with Gasteiger partial charge in [0.1, 0.15) is 30.0 Å². The van der Waals surface area contributed by atoms with Crippen LogP contribution in [0.5, 0.6) is 11.5 Å². The van der Waals surface area contributed by atoms with E-state index in [9.17, 15) is 14.3 Å². The van der Waals surface area contributed by atoms with Crippen molar-refractivity contribution < 1.29 is 33.2 Å². The number of esters is 1. The summed E-state index contributed by atoms with van der Waals surface area (Å²) in [5.41, 5.74) is 1.58. The molecule has 0 heterocycles. The summed E-state index contributed by atoms with van der Waals surface area (Å²) in [5.74, 6) is 0.350. The molecule has 7 nitrogen and oxygen atoms in total. The number of benzene rings is 3. The van der Waals surface area contributed by atoms with Crippen molar-refractivity contribution >= 4 is 17.6 Å². The monoisotopic (exact) mass is 495 g/mol. The molecule has 36 heavy (non-hydrogen) atoms. The molecule has 2 atom stereocenters. The number of para-hydroxylation sites is 1. The number of carbonyl (C=O) groups is 1. The topological polar surface area (TPSA) is 86.3 Å². The highest BCUT2D eigenvalue weighted by Crippen LogP contribution is 2.22. The van der Waals surface area contributed by atoms with Gasteiger partial charge in [-0.15, -0.1) is 0 Å². The Hall–Kier alpha value is -3.72. The molecule has 190 valence electrons. The van der Waals surface area contributed by atoms with Gasteiger partial charge in [-0.05, 0) is 53.6 Å². The van der Waals surface area contributed by atoms with E-state index in [1.807, 2.05) is 30.3 Å². The molecule has 2 unspecified atom stereocenters. The maximum atomic E-state index is 13.3. The Bertz CT molecular complexity index is 1100. The molecule has 3 rings (SSSR count). The van der Waals surface area contributed by atoms with Crippen LogP contribution in [0.25, 0.3) is 11.6 Å². The molecule has 2 N–H and O–H groups in total. The summed E-state index contributed by atoms with van der Waals surface area (Å²) >= 11 is 0. The SMILES string of the molecule is COC(=O)C(=Cc1ccc(OCC(O)CNCC(OC)Oc2ccccc2)cc1)c1ccc(F)cc1. The van der Waals surface area contributed by atoms with E-state index in [-0.39, 0.29) is 12.4 Å². The first-order valence-electron chi connectivity index (χ1n) is 11.4. The smallest absolute Gasteiger partial charge is 0.338 e. The molecule has 0 bridgehead atoms. The molecule has 0 aliphatic heterocycles. The van der Waals surface area contributed by atoms with Crippen molar-refractivity contribution in [2.45, 2.75) is 12.4 Å². The molecule has 0 radical (unpaired) electrons. The summed E-state index contributed by atoms with van der Waals surface area (Å²) in [6, 6.07) is 22.0. The Morgan fingerprint density at radius 3 is 2.28 bits per heavy atom. The van der Waals surface area contributed by atoms with E-state index in [1.165, 1.54) is 31.4 Å². The van der Waals surface area contributed by atoms with Crippen LogP contribution in [0, 0.1) is 5.82 Å². The Morgan fingerprint density at radius 1 is 0.944 bits per heavy atom. The van der Waals surface area contributed by atoms with E-state index in [2.05, 4.69) is 5.32 Å². The molecule has 3 aromatic rings. The van der Waals surface area contributed by atoms with Gasteiger partial charge >= 0.3 is 5.97 Å². The number of aliphatic hydroxyl groups excluding tert-OH is 1. The van der Waals surface area contributed by atoms with E-state index < -0.39 is 18.4 Å². The third kappa shape index (κ3) is 8.49. The lowest BCUT2D eigenvalue weighted by Crippen LogP contribution is -2.38. The molecule has 3 aromatic carbocycles. The standard InChI is InChI=1S/C28H30FNO6/c1-33-27(36-25-6-4-3-5-7-25)18-30-17-23(31)19-35-24-14-8-20(9-15-24)16-26(28(32)34-2)21-10-12-22(29)13-11-21/h3-16,23,27,30-31H,17-19H2,1-2H3. The van der Waals surface area contributed by atoms with Gasteiger partial charge in [-0.1, -0.05) is 42.5 Å². The fourth-order valence-electron chi connectivity index (χ4n) is 3.27. The van der Waals surface area contributed by atoms with Crippen LogP contribution in [0.3, 0.4) is 0 Å². The normalized spacial score (nSPS) is 13.1. The summed E-state index contributed by atoms with van der Waals surface area (Å²) in [6.45, 7) is 0.765. The van der Waals surface area contributed by atoms with Gasteiger partial charge in [-0.25, -0.2) is 9.18 Å². The molecular weight excluding hydrogens is 465 g/mol. The molecule has 0 aliphatic rings. The van der Waals surface area contributed by atoms with E-state index in [0.29, 0.717) is 35.7 Å². The second-order valence-electron chi connectivity index (χ2n) is 7.84. The first-order valence-corrected chi connectivity index (χ1v) is 11.4. The van der Waals surface area contributed by atoms with Gasteiger partial charge in [-0.2, -0.15) is 0 Å². The molecule has 0 fully saturated rings. The minimum absolute atomic E-state index is 0.0857. The number of ether oxygens (including phenoxy) is 4. The molecular formula is C28H30FNO6. The molecule has 0 spiro atoms. The summed E-state index contributed by atoms with van der Waals surface area (Å²) in [7, 11) is 2.85. The minimum atomic E-state index is -0.747. The minimum Gasteiger partial charge on any atom is -0.491 e. The Balaban J connectivity index is 1.48. The third-order valence-electron chi connectivity index (χ3n) is 5.16. The van der Waals surface area contributed by atoms with Gasteiger partial charge in [0.2, 0.25) is 6.29 Å². The number of halogens is 1. The van der Waals surface area contributed by atoms with Gasteiger partial charge in [0, 0.05) is 13.7 Å². The summed E-state index contributed by atoms with van der Waals surface area (Å²) in [5, 5.41) is 13.3. The largest absolute Gasteiger partial charge is 0.491 e. The van der Waals surface area contributed by atoms with Crippen LogP contribution in [0.15, 0.2) is 78.9 Å². The quantitative estimate of drug-likeness (QED) is 0.161. The molecule has 0 aromatic heterocycles. The van der Waals surface area contributed by atoms with E-state index in [4.69, 9.17) is 18.9 Å². The lowest BCUT2D eigenvalue weighted by Gasteiger charge is -2.19. The Kier molecular flexibility index (Phi) is 10.4. The molecule has 0 amide bonds. The van der Waals surface area contributed by atoms with Crippen LogP contribution >= 0.6 is 0 Å². The van der Waals surface area contributed by atoms with Crippen LogP contribution in [0.2, 0.25) is 0 Å². The number of hydrogen-bond donors (Lipinski definition) is 2. The zero-order valence-electron chi connectivity index (χ0n) is 20.2. The number of nitrogens with one attached hydrogen (secondary N) is 1. The molecule has 0 aliphatic carbocycles. The van der Waals surface area contributed by atoms with Gasteiger partial charge in [0.05, 0.1) is 19.2 Å². The lowest BCUT2D eigenvalue weighted by molar-refractivity contribution is -0.133. The highest BCUT2D eigenvalue weighted by atomic mass is 19.1. The van der Waals surface area contributed by atoms with E-state index >= 15 is 0 Å². The van der Waals surface area contributed by atoms with E-state index in [1.54, 1.807) is 37.5 Å². The molecule has 8 heteroatoms. The molecule has 0 saturated heterocycles. The van der Waals surface area contributed by atoms with Crippen LogP contribution in [0.1, 0.15) is 11.1 Å². The van der Waals surface area contributed by atoms with E-state index in [0.717, 1.165) is 5.56 Å². The summed E-state index contributed by atoms with van der Waals surface area (Å²) in [4.78, 5) is 12.2. The highest BCUT2D eigenvalue weighted by molar-refractivity contribution is 6.21. The maximum Gasteiger partial charge on any atom is 0.338 e. The van der Waals surface area contributed by atoms with Crippen molar-refractivity contribution in [1.29, 1.82) is 0 Å². The number of aliphatic hydroxyl groups is 1. The molecule has 0 saturated carbocycles. The number of rotatable bonds is 13. The van der Waals surface area contributed by atoms with Crippen LogP contribution < -0.4 is 14.8 Å². The summed E-state index contributed by atoms with van der Waals surface area (Å²) in [6.07, 6.45) is 0.417. The number of methoxy groups -OCH3 is 2. The first kappa shape index (κ1) is 26.9. The highest BCUT2D eigenvalue weighted by Gasteiger charge is 2.13. The van der Waals surface area contributed by atoms with Gasteiger partial charge < -0.3 is 29.4 Å². The fourth-order valence-corrected chi connectivity index (χ4v) is 3.27. The average molecular weight is 496 g/mol. The van der Waals surface area contributed by atoms with Crippen LogP contribution in [-0.4, -0.2) is 57.4 Å². The van der Waals surface area contributed by atoms with Gasteiger partial charge in [0.25, 0.3) is 0 Å². The zero-order chi connectivity index (χ0) is 25.8.